The maximum Gasteiger partial charge on any atom is 0.142 e. The van der Waals surface area contributed by atoms with Crippen molar-refractivity contribution in [2.24, 2.45) is 0 Å². The second kappa shape index (κ2) is 6.94. The summed E-state index contributed by atoms with van der Waals surface area (Å²) in [4.78, 5) is 9.24. The summed E-state index contributed by atoms with van der Waals surface area (Å²) in [6.07, 6.45) is 3.95. The number of thiazole rings is 2. The summed E-state index contributed by atoms with van der Waals surface area (Å²) in [6, 6.07) is 16.2. The maximum absolute atomic E-state index is 8.36. The molecule has 0 fully saturated rings. The van der Waals surface area contributed by atoms with Crippen LogP contribution in [-0.2, 0) is 0 Å². The number of rotatable bonds is 4. The van der Waals surface area contributed by atoms with Gasteiger partial charge in [0.1, 0.15) is 10.0 Å². The van der Waals surface area contributed by atoms with Gasteiger partial charge >= 0.3 is 0 Å². The molecule has 1 N–H and O–H groups in total. The van der Waals surface area contributed by atoms with Gasteiger partial charge in [-0.15, -0.1) is 22.7 Å². The summed E-state index contributed by atoms with van der Waals surface area (Å²) < 4.78 is 2.30. The van der Waals surface area contributed by atoms with E-state index in [-0.39, 0.29) is 0 Å². The van der Waals surface area contributed by atoms with Crippen LogP contribution in [0.2, 0.25) is 0 Å². The van der Waals surface area contributed by atoms with Crippen LogP contribution in [-0.4, -0.2) is 15.7 Å². The Hall–Kier alpha value is -2.63. The summed E-state index contributed by atoms with van der Waals surface area (Å²) in [5, 5.41) is 10.1. The third-order valence-electron chi connectivity index (χ3n) is 3.97. The van der Waals surface area contributed by atoms with E-state index in [0.29, 0.717) is 5.71 Å². The van der Waals surface area contributed by atoms with E-state index in [1.54, 1.807) is 22.7 Å². The average Bonchev–Trinajstić information content (AvgIpc) is 3.25. The Morgan fingerprint density at radius 1 is 0.808 bits per heavy atom. The molecule has 26 heavy (non-hydrogen) atoms. The molecule has 3 nitrogen and oxygen atoms in total. The van der Waals surface area contributed by atoms with Crippen LogP contribution in [0, 0.1) is 5.41 Å². The number of hydrogen-bond donors (Lipinski definition) is 1. The van der Waals surface area contributed by atoms with Gasteiger partial charge in [0.25, 0.3) is 0 Å². The predicted molar refractivity (Wildman–Crippen MR) is 113 cm³/mol. The molecule has 4 rings (SSSR count). The fourth-order valence-corrected chi connectivity index (χ4v) is 4.59. The lowest BCUT2D eigenvalue weighted by molar-refractivity contribution is 1.39. The zero-order valence-corrected chi connectivity index (χ0v) is 16.1. The molecular weight excluding hydrogens is 358 g/mol. The predicted octanol–water partition coefficient (Wildman–Crippen LogP) is 6.32. The molecule has 0 saturated carbocycles. The molecule has 0 radical (unpaired) electrons. The van der Waals surface area contributed by atoms with E-state index in [9.17, 15) is 0 Å². The molecule has 0 aliphatic heterocycles. The molecule has 2 heterocycles. The van der Waals surface area contributed by atoms with E-state index in [4.69, 9.17) is 10.4 Å². The van der Waals surface area contributed by atoms with E-state index < -0.39 is 0 Å². The van der Waals surface area contributed by atoms with Crippen molar-refractivity contribution < 1.29 is 0 Å². The summed E-state index contributed by atoms with van der Waals surface area (Å²) >= 11 is 3.25. The molecule has 0 atom stereocenters. The standard InChI is InChI=1S/C21H17N3S2/c1-13(11-14(2)20-23-16-7-3-5-9-18(16)25-20)12-15(22)21-24-17-8-4-6-10-19(17)26-21/h3-12,22H,1-2H3/b13-12-,14-11+,22-15?. The Morgan fingerprint density at radius 3 is 1.96 bits per heavy atom. The van der Waals surface area contributed by atoms with Crippen molar-refractivity contribution in [1.29, 1.82) is 5.41 Å². The smallest absolute Gasteiger partial charge is 0.142 e. The zero-order chi connectivity index (χ0) is 18.1. The normalized spacial score (nSPS) is 12.8. The Balaban J connectivity index is 1.60. The molecule has 0 spiro atoms. The lowest BCUT2D eigenvalue weighted by Gasteiger charge is -1.98. The summed E-state index contributed by atoms with van der Waals surface area (Å²) in [7, 11) is 0. The maximum atomic E-state index is 8.36. The van der Waals surface area contributed by atoms with Crippen LogP contribution in [0.15, 0.2) is 66.3 Å². The van der Waals surface area contributed by atoms with Crippen molar-refractivity contribution in [1.82, 2.24) is 9.97 Å². The van der Waals surface area contributed by atoms with Gasteiger partial charge in [0.2, 0.25) is 0 Å². The molecule has 0 bridgehead atoms. The van der Waals surface area contributed by atoms with Crippen molar-refractivity contribution in [2.75, 3.05) is 0 Å². The van der Waals surface area contributed by atoms with E-state index >= 15 is 0 Å². The van der Waals surface area contributed by atoms with Gasteiger partial charge in [-0.3, -0.25) is 5.41 Å². The van der Waals surface area contributed by atoms with Gasteiger partial charge in [0, 0.05) is 0 Å². The summed E-state index contributed by atoms with van der Waals surface area (Å²) in [5.74, 6) is 0. The molecular formula is C21H17N3S2. The quantitative estimate of drug-likeness (QED) is 0.335. The molecule has 128 valence electrons. The summed E-state index contributed by atoms with van der Waals surface area (Å²) in [5.41, 5.74) is 4.55. The van der Waals surface area contributed by atoms with Crippen LogP contribution in [0.1, 0.15) is 23.9 Å². The first-order chi connectivity index (χ1) is 12.6. The number of para-hydroxylation sites is 2. The number of aromatic nitrogens is 2. The highest BCUT2D eigenvalue weighted by Gasteiger charge is 2.08. The second-order valence-corrected chi connectivity index (χ2v) is 8.16. The largest absolute Gasteiger partial charge is 0.298 e. The first-order valence-corrected chi connectivity index (χ1v) is 9.90. The Labute approximate surface area is 159 Å². The lowest BCUT2D eigenvalue weighted by Crippen LogP contribution is -1.94. The SMILES string of the molecule is CC(=C/C(=N)c1nc2ccccc2s1)/C=C(\C)c1nc2ccccc2s1. The molecule has 0 amide bonds. The lowest BCUT2D eigenvalue weighted by atomic mass is 10.1. The fourth-order valence-electron chi connectivity index (χ4n) is 2.76. The number of hydrogen-bond acceptors (Lipinski definition) is 5. The van der Waals surface area contributed by atoms with Gasteiger partial charge in [-0.1, -0.05) is 30.3 Å². The van der Waals surface area contributed by atoms with Crippen LogP contribution in [0.25, 0.3) is 26.0 Å². The van der Waals surface area contributed by atoms with Gasteiger partial charge in [0.05, 0.1) is 26.1 Å². The minimum atomic E-state index is 0.442. The topological polar surface area (TPSA) is 49.6 Å². The van der Waals surface area contributed by atoms with Crippen molar-refractivity contribution in [3.8, 4) is 0 Å². The highest BCUT2D eigenvalue weighted by atomic mass is 32.1. The number of nitrogens with zero attached hydrogens (tertiary/aromatic N) is 2. The minimum absolute atomic E-state index is 0.442. The van der Waals surface area contributed by atoms with E-state index in [1.165, 1.54) is 4.70 Å². The molecule has 0 unspecified atom stereocenters. The van der Waals surface area contributed by atoms with Gasteiger partial charge < -0.3 is 0 Å². The van der Waals surface area contributed by atoms with E-state index in [2.05, 4.69) is 24.1 Å². The van der Waals surface area contributed by atoms with Crippen molar-refractivity contribution in [2.45, 2.75) is 13.8 Å². The minimum Gasteiger partial charge on any atom is -0.298 e. The average molecular weight is 376 g/mol. The van der Waals surface area contributed by atoms with Crippen molar-refractivity contribution in [3.63, 3.8) is 0 Å². The zero-order valence-electron chi connectivity index (χ0n) is 14.5. The first-order valence-electron chi connectivity index (χ1n) is 8.27. The molecule has 2 aromatic heterocycles. The fraction of sp³-hybridized carbons (Fsp3) is 0.0952. The highest BCUT2D eigenvalue weighted by Crippen LogP contribution is 2.27. The van der Waals surface area contributed by atoms with Gasteiger partial charge in [-0.25, -0.2) is 9.97 Å². The molecule has 5 heteroatoms. The van der Waals surface area contributed by atoms with Crippen molar-refractivity contribution >= 4 is 54.4 Å². The van der Waals surface area contributed by atoms with Gasteiger partial charge in [0.15, 0.2) is 0 Å². The third-order valence-corrected chi connectivity index (χ3v) is 6.21. The van der Waals surface area contributed by atoms with Crippen molar-refractivity contribution in [3.05, 3.63) is 76.3 Å². The van der Waals surface area contributed by atoms with Crippen LogP contribution in [0.5, 0.6) is 0 Å². The Bertz CT molecular complexity index is 1110. The molecule has 4 aromatic rings. The molecule has 0 aliphatic carbocycles. The number of allylic oxidation sites excluding steroid dienone is 4. The third kappa shape index (κ3) is 3.36. The molecule has 0 aliphatic rings. The number of nitrogens with one attached hydrogen (secondary N) is 1. The van der Waals surface area contributed by atoms with Gasteiger partial charge in [-0.2, -0.15) is 0 Å². The number of fused-ring (bicyclic) bond motifs is 2. The number of benzene rings is 2. The van der Waals surface area contributed by atoms with Crippen LogP contribution in [0.4, 0.5) is 0 Å². The van der Waals surface area contributed by atoms with Crippen LogP contribution < -0.4 is 0 Å². The summed E-state index contributed by atoms with van der Waals surface area (Å²) in [6.45, 7) is 4.08. The van der Waals surface area contributed by atoms with Crippen LogP contribution in [0.3, 0.4) is 0 Å². The monoisotopic (exact) mass is 375 g/mol. The van der Waals surface area contributed by atoms with Crippen LogP contribution >= 0.6 is 22.7 Å². The van der Waals surface area contributed by atoms with E-state index in [1.807, 2.05) is 55.5 Å². The van der Waals surface area contributed by atoms with Gasteiger partial charge in [-0.05, 0) is 55.3 Å². The Kier molecular flexibility index (Phi) is 4.49. The highest BCUT2D eigenvalue weighted by molar-refractivity contribution is 7.20. The molecule has 2 aromatic carbocycles. The Morgan fingerprint density at radius 2 is 1.35 bits per heavy atom. The van der Waals surface area contributed by atoms with E-state index in [0.717, 1.165) is 36.9 Å². The molecule has 0 saturated heterocycles. The second-order valence-electron chi connectivity index (χ2n) is 6.10. The first kappa shape index (κ1) is 16.8.